The Balaban J connectivity index is 2.18. The molecule has 0 aromatic carbocycles. The van der Waals surface area contributed by atoms with Crippen molar-refractivity contribution in [1.29, 1.82) is 0 Å². The molecule has 6 nitrogen and oxygen atoms in total. The van der Waals surface area contributed by atoms with E-state index in [4.69, 9.17) is 0 Å². The number of nitrogens with zero attached hydrogens (tertiary/aromatic N) is 2. The van der Waals surface area contributed by atoms with Crippen molar-refractivity contribution in [2.75, 3.05) is 17.2 Å². The van der Waals surface area contributed by atoms with Crippen molar-refractivity contribution in [2.24, 2.45) is 14.1 Å². The number of carbonyl (C=O) groups excluding carboxylic acids is 2. The van der Waals surface area contributed by atoms with Crippen LogP contribution in [-0.2, 0) is 14.1 Å². The van der Waals surface area contributed by atoms with Crippen LogP contribution in [0, 0.1) is 0 Å². The lowest BCUT2D eigenvalue weighted by atomic mass is 10.3. The van der Waals surface area contributed by atoms with Gasteiger partial charge in [-0.2, -0.15) is 0 Å². The first-order chi connectivity index (χ1) is 9.92. The molecule has 21 heavy (non-hydrogen) atoms. The van der Waals surface area contributed by atoms with E-state index in [1.165, 1.54) is 6.92 Å². The van der Waals surface area contributed by atoms with E-state index < -0.39 is 0 Å². The molecule has 0 saturated heterocycles. The number of anilines is 2. The van der Waals surface area contributed by atoms with Gasteiger partial charge < -0.3 is 19.8 Å². The quantitative estimate of drug-likeness (QED) is 0.829. The number of rotatable bonds is 5. The van der Waals surface area contributed by atoms with E-state index >= 15 is 0 Å². The zero-order valence-electron chi connectivity index (χ0n) is 12.7. The Kier molecular flexibility index (Phi) is 4.16. The fourth-order valence-electron chi connectivity index (χ4n) is 2.27. The summed E-state index contributed by atoms with van der Waals surface area (Å²) in [5, 5.41) is 5.98. The summed E-state index contributed by atoms with van der Waals surface area (Å²) in [6.45, 7) is 4.30. The van der Waals surface area contributed by atoms with Crippen molar-refractivity contribution in [3.8, 4) is 0 Å². The van der Waals surface area contributed by atoms with Crippen molar-refractivity contribution in [2.45, 2.75) is 13.8 Å². The van der Waals surface area contributed by atoms with E-state index in [2.05, 4.69) is 10.6 Å². The fourth-order valence-corrected chi connectivity index (χ4v) is 2.27. The van der Waals surface area contributed by atoms with E-state index in [0.29, 0.717) is 17.1 Å². The third kappa shape index (κ3) is 3.16. The van der Waals surface area contributed by atoms with Crippen molar-refractivity contribution in [3.05, 3.63) is 35.9 Å². The molecule has 0 aliphatic carbocycles. The number of amides is 1. The molecule has 2 rings (SSSR count). The summed E-state index contributed by atoms with van der Waals surface area (Å²) < 4.78 is 3.47. The number of nitrogens with one attached hydrogen (secondary N) is 2. The molecule has 0 saturated carbocycles. The fraction of sp³-hybridized carbons (Fsp3) is 0.333. The summed E-state index contributed by atoms with van der Waals surface area (Å²) >= 11 is 0. The number of aryl methyl sites for hydroxylation is 2. The maximum atomic E-state index is 12.3. The second-order valence-electron chi connectivity index (χ2n) is 4.99. The van der Waals surface area contributed by atoms with Crippen LogP contribution in [0.1, 0.15) is 34.8 Å². The zero-order chi connectivity index (χ0) is 15.6. The largest absolute Gasteiger partial charge is 0.384 e. The number of hydrogen-bond donors (Lipinski definition) is 2. The van der Waals surface area contributed by atoms with Gasteiger partial charge >= 0.3 is 0 Å². The maximum Gasteiger partial charge on any atom is 0.272 e. The average Bonchev–Trinajstić information content (AvgIpc) is 2.93. The predicted octanol–water partition coefficient (Wildman–Crippen LogP) is 2.25. The summed E-state index contributed by atoms with van der Waals surface area (Å²) in [4.78, 5) is 23.7. The summed E-state index contributed by atoms with van der Waals surface area (Å²) in [6, 6.07) is 3.47. The lowest BCUT2D eigenvalue weighted by Gasteiger charge is -2.03. The van der Waals surface area contributed by atoms with Gasteiger partial charge in [0.15, 0.2) is 5.78 Å². The first-order valence-electron chi connectivity index (χ1n) is 6.81. The molecule has 2 N–H and O–H groups in total. The van der Waals surface area contributed by atoms with Crippen LogP contribution in [0.2, 0.25) is 0 Å². The van der Waals surface area contributed by atoms with Crippen LogP contribution < -0.4 is 10.6 Å². The number of carbonyl (C=O) groups is 2. The monoisotopic (exact) mass is 288 g/mol. The van der Waals surface area contributed by atoms with Gasteiger partial charge in [-0.15, -0.1) is 0 Å². The van der Waals surface area contributed by atoms with Gasteiger partial charge in [-0.3, -0.25) is 9.59 Å². The van der Waals surface area contributed by atoms with Gasteiger partial charge in [-0.05, 0) is 19.1 Å². The molecular formula is C15H20N4O2. The molecular weight excluding hydrogens is 268 g/mol. The van der Waals surface area contributed by atoms with E-state index in [0.717, 1.165) is 12.2 Å². The Bertz CT molecular complexity index is 682. The van der Waals surface area contributed by atoms with Gasteiger partial charge in [-0.25, -0.2) is 0 Å². The van der Waals surface area contributed by atoms with Gasteiger partial charge in [-0.1, -0.05) is 0 Å². The van der Waals surface area contributed by atoms with Gasteiger partial charge in [0.2, 0.25) is 0 Å². The highest BCUT2D eigenvalue weighted by Crippen LogP contribution is 2.17. The molecule has 0 spiro atoms. The minimum atomic E-state index is -0.206. The molecule has 0 fully saturated rings. The van der Waals surface area contributed by atoms with Crippen LogP contribution in [-0.4, -0.2) is 27.4 Å². The van der Waals surface area contributed by atoms with E-state index in [1.807, 2.05) is 20.2 Å². The summed E-state index contributed by atoms with van der Waals surface area (Å²) in [7, 11) is 3.60. The normalized spacial score (nSPS) is 10.5. The summed E-state index contributed by atoms with van der Waals surface area (Å²) in [5.41, 5.74) is 2.63. The second kappa shape index (κ2) is 5.87. The van der Waals surface area contributed by atoms with Gasteiger partial charge in [0.25, 0.3) is 5.91 Å². The number of hydrogen-bond acceptors (Lipinski definition) is 3. The smallest absolute Gasteiger partial charge is 0.272 e. The molecule has 0 aliphatic heterocycles. The van der Waals surface area contributed by atoms with Crippen LogP contribution in [0.25, 0.3) is 0 Å². The van der Waals surface area contributed by atoms with Gasteiger partial charge in [0, 0.05) is 40.0 Å². The van der Waals surface area contributed by atoms with E-state index in [-0.39, 0.29) is 11.7 Å². The van der Waals surface area contributed by atoms with Crippen LogP contribution in [0.5, 0.6) is 0 Å². The molecule has 0 atom stereocenters. The third-order valence-electron chi connectivity index (χ3n) is 3.24. The summed E-state index contributed by atoms with van der Waals surface area (Å²) in [5.74, 6) is -0.242. The van der Waals surface area contributed by atoms with Crippen LogP contribution in [0.4, 0.5) is 11.4 Å². The molecule has 1 amide bonds. The van der Waals surface area contributed by atoms with E-state index in [1.54, 1.807) is 34.5 Å². The average molecular weight is 288 g/mol. The lowest BCUT2D eigenvalue weighted by molar-refractivity contribution is 0.1000. The molecule has 2 aromatic heterocycles. The molecule has 2 aromatic rings. The molecule has 0 bridgehead atoms. The highest BCUT2D eigenvalue weighted by atomic mass is 16.2. The van der Waals surface area contributed by atoms with Crippen LogP contribution in [0.15, 0.2) is 24.5 Å². The van der Waals surface area contributed by atoms with Crippen molar-refractivity contribution in [3.63, 3.8) is 0 Å². The Hall–Kier alpha value is -2.50. The molecule has 2 heterocycles. The highest BCUT2D eigenvalue weighted by Gasteiger charge is 2.14. The number of aromatic nitrogens is 2. The first-order valence-corrected chi connectivity index (χ1v) is 6.81. The first kappa shape index (κ1) is 14.9. The molecule has 0 unspecified atom stereocenters. The van der Waals surface area contributed by atoms with Crippen molar-refractivity contribution >= 4 is 23.1 Å². The van der Waals surface area contributed by atoms with Gasteiger partial charge in [0.05, 0.1) is 17.1 Å². The zero-order valence-corrected chi connectivity index (χ0v) is 12.7. The molecule has 0 aliphatic rings. The number of ketones is 1. The predicted molar refractivity (Wildman–Crippen MR) is 82.9 cm³/mol. The Morgan fingerprint density at radius 1 is 1.05 bits per heavy atom. The Morgan fingerprint density at radius 2 is 1.62 bits per heavy atom. The minimum absolute atomic E-state index is 0.0358. The van der Waals surface area contributed by atoms with Crippen molar-refractivity contribution in [1.82, 2.24) is 9.13 Å². The second-order valence-corrected chi connectivity index (χ2v) is 4.99. The lowest BCUT2D eigenvalue weighted by Crippen LogP contribution is -2.14. The maximum absolute atomic E-state index is 12.3. The summed E-state index contributed by atoms with van der Waals surface area (Å²) in [6.07, 6.45) is 3.59. The Morgan fingerprint density at radius 3 is 2.19 bits per heavy atom. The van der Waals surface area contributed by atoms with Crippen LogP contribution >= 0.6 is 0 Å². The number of Topliss-reactive ketones (excluding diaryl/α,β-unsaturated/α-hetero) is 1. The molecule has 0 radical (unpaired) electrons. The van der Waals surface area contributed by atoms with Crippen LogP contribution in [0.3, 0.4) is 0 Å². The topological polar surface area (TPSA) is 68.1 Å². The Labute approximate surface area is 123 Å². The van der Waals surface area contributed by atoms with E-state index in [9.17, 15) is 9.59 Å². The standard InChI is InChI=1S/C15H20N4O2/c1-5-16-11-6-14(19(4)8-11)15(21)17-12-7-13(10(2)20)18(3)9-12/h6-9,16H,5H2,1-4H3,(H,17,21). The molecule has 6 heteroatoms. The van der Waals surface area contributed by atoms with Crippen molar-refractivity contribution < 1.29 is 9.59 Å². The third-order valence-corrected chi connectivity index (χ3v) is 3.24. The minimum Gasteiger partial charge on any atom is -0.384 e. The highest BCUT2D eigenvalue weighted by molar-refractivity contribution is 6.04. The van der Waals surface area contributed by atoms with Gasteiger partial charge in [0.1, 0.15) is 5.69 Å². The molecule has 112 valence electrons. The SMILES string of the molecule is CCNc1cc(C(=O)Nc2cc(C(C)=O)n(C)c2)n(C)c1.